The van der Waals surface area contributed by atoms with Crippen LogP contribution >= 0.6 is 22.7 Å². The first-order valence-electron chi connectivity index (χ1n) is 6.40. The van der Waals surface area contributed by atoms with Crippen LogP contribution in [0.5, 0.6) is 0 Å². The second-order valence-electron chi connectivity index (χ2n) is 4.66. The molecule has 106 valence electrons. The second kappa shape index (κ2) is 5.90. The topological polar surface area (TPSA) is 56.7 Å². The molecule has 0 unspecified atom stereocenters. The van der Waals surface area contributed by atoms with Gasteiger partial charge in [-0.1, -0.05) is 0 Å². The number of nitrogens with zero attached hydrogens (tertiary/aromatic N) is 3. The van der Waals surface area contributed by atoms with Crippen LogP contribution < -0.4 is 4.90 Å². The highest BCUT2D eigenvalue weighted by atomic mass is 32.1. The standard InChI is InChI=1S/C13H15N3O2S2/c17-12(18)11-10(1-7-19-11)9-15-3-5-16(6-4-15)13-14-2-8-20-13/h1-2,7-8H,3-6,9H2,(H,17,18). The van der Waals surface area contributed by atoms with Crippen molar-refractivity contribution >= 4 is 33.8 Å². The molecule has 1 saturated heterocycles. The molecule has 3 rings (SSSR count). The zero-order valence-corrected chi connectivity index (χ0v) is 12.5. The van der Waals surface area contributed by atoms with Crippen molar-refractivity contribution in [2.45, 2.75) is 6.54 Å². The third-order valence-electron chi connectivity index (χ3n) is 3.40. The SMILES string of the molecule is O=C(O)c1sccc1CN1CCN(c2nccs2)CC1. The van der Waals surface area contributed by atoms with Crippen LogP contribution in [-0.4, -0.2) is 47.1 Å². The van der Waals surface area contributed by atoms with Gasteiger partial charge >= 0.3 is 5.97 Å². The minimum Gasteiger partial charge on any atom is -0.477 e. The van der Waals surface area contributed by atoms with Gasteiger partial charge in [-0.3, -0.25) is 4.90 Å². The maximum atomic E-state index is 11.1. The summed E-state index contributed by atoms with van der Waals surface area (Å²) in [7, 11) is 0. The molecule has 0 bridgehead atoms. The molecular formula is C13H15N3O2S2. The van der Waals surface area contributed by atoms with Crippen molar-refractivity contribution in [3.05, 3.63) is 33.5 Å². The van der Waals surface area contributed by atoms with Crippen LogP contribution in [0.4, 0.5) is 5.13 Å². The van der Waals surface area contributed by atoms with Crippen LogP contribution in [-0.2, 0) is 6.54 Å². The molecule has 7 heteroatoms. The van der Waals surface area contributed by atoms with E-state index in [1.54, 1.807) is 11.3 Å². The molecule has 0 spiro atoms. The average Bonchev–Trinajstić information content (AvgIpc) is 3.10. The quantitative estimate of drug-likeness (QED) is 0.938. The van der Waals surface area contributed by atoms with Gasteiger partial charge in [0.1, 0.15) is 4.88 Å². The van der Waals surface area contributed by atoms with Crippen LogP contribution in [0.1, 0.15) is 15.2 Å². The van der Waals surface area contributed by atoms with Gasteiger partial charge < -0.3 is 10.0 Å². The van der Waals surface area contributed by atoms with E-state index in [-0.39, 0.29) is 0 Å². The van der Waals surface area contributed by atoms with E-state index in [0.29, 0.717) is 4.88 Å². The second-order valence-corrected chi connectivity index (χ2v) is 6.45. The molecule has 0 saturated carbocycles. The molecule has 1 aliphatic rings. The van der Waals surface area contributed by atoms with Crippen molar-refractivity contribution in [2.75, 3.05) is 31.1 Å². The first kappa shape index (κ1) is 13.5. The maximum absolute atomic E-state index is 11.1. The molecule has 20 heavy (non-hydrogen) atoms. The fourth-order valence-corrected chi connectivity index (χ4v) is 3.81. The molecule has 0 atom stereocenters. The molecule has 0 amide bonds. The normalized spacial score (nSPS) is 16.5. The van der Waals surface area contributed by atoms with Crippen LogP contribution in [0.3, 0.4) is 0 Å². The number of aromatic nitrogens is 1. The molecular weight excluding hydrogens is 294 g/mol. The van der Waals surface area contributed by atoms with E-state index in [1.165, 1.54) is 11.3 Å². The number of anilines is 1. The maximum Gasteiger partial charge on any atom is 0.346 e. The van der Waals surface area contributed by atoms with Crippen LogP contribution in [0.25, 0.3) is 0 Å². The number of carbonyl (C=O) groups is 1. The Bertz CT molecular complexity index is 574. The highest BCUT2D eigenvalue weighted by molar-refractivity contribution is 7.13. The van der Waals surface area contributed by atoms with Crippen LogP contribution in [0.15, 0.2) is 23.0 Å². The lowest BCUT2D eigenvalue weighted by Gasteiger charge is -2.34. The van der Waals surface area contributed by atoms with Gasteiger partial charge in [0.25, 0.3) is 0 Å². The fraction of sp³-hybridized carbons (Fsp3) is 0.385. The predicted octanol–water partition coefficient (Wildman–Crippen LogP) is 2.23. The number of thiazole rings is 1. The summed E-state index contributed by atoms with van der Waals surface area (Å²) in [4.78, 5) is 20.5. The Morgan fingerprint density at radius 3 is 2.70 bits per heavy atom. The lowest BCUT2D eigenvalue weighted by atomic mass is 10.2. The first-order chi connectivity index (χ1) is 9.74. The Kier molecular flexibility index (Phi) is 4.00. The molecule has 1 N–H and O–H groups in total. The number of hydrogen-bond donors (Lipinski definition) is 1. The van der Waals surface area contributed by atoms with Crippen molar-refractivity contribution in [1.82, 2.24) is 9.88 Å². The van der Waals surface area contributed by atoms with Crippen molar-refractivity contribution in [3.8, 4) is 0 Å². The van der Waals surface area contributed by atoms with E-state index in [1.807, 2.05) is 23.0 Å². The van der Waals surface area contributed by atoms with E-state index in [4.69, 9.17) is 5.11 Å². The summed E-state index contributed by atoms with van der Waals surface area (Å²) in [6, 6.07) is 1.92. The van der Waals surface area contributed by atoms with Crippen molar-refractivity contribution in [2.24, 2.45) is 0 Å². The molecule has 1 aliphatic heterocycles. The van der Waals surface area contributed by atoms with Crippen molar-refractivity contribution < 1.29 is 9.90 Å². The largest absolute Gasteiger partial charge is 0.477 e. The van der Waals surface area contributed by atoms with E-state index < -0.39 is 5.97 Å². The molecule has 1 fully saturated rings. The lowest BCUT2D eigenvalue weighted by molar-refractivity contribution is 0.0700. The first-order valence-corrected chi connectivity index (χ1v) is 8.16. The summed E-state index contributed by atoms with van der Waals surface area (Å²) < 4.78 is 0. The molecule has 0 radical (unpaired) electrons. The molecule has 5 nitrogen and oxygen atoms in total. The fourth-order valence-electron chi connectivity index (χ4n) is 2.36. The number of piperazine rings is 1. The van der Waals surface area contributed by atoms with Gasteiger partial charge in [0.2, 0.25) is 0 Å². The Labute approximate surface area is 125 Å². The van der Waals surface area contributed by atoms with Gasteiger partial charge in [-0.05, 0) is 17.0 Å². The van der Waals surface area contributed by atoms with Crippen molar-refractivity contribution in [1.29, 1.82) is 0 Å². The van der Waals surface area contributed by atoms with E-state index in [9.17, 15) is 4.79 Å². The summed E-state index contributed by atoms with van der Waals surface area (Å²) in [5, 5.41) is 14.0. The summed E-state index contributed by atoms with van der Waals surface area (Å²) in [6.07, 6.45) is 1.83. The molecule has 0 aliphatic carbocycles. The molecule has 2 aromatic heterocycles. The van der Waals surface area contributed by atoms with Crippen LogP contribution in [0.2, 0.25) is 0 Å². The number of hydrogen-bond acceptors (Lipinski definition) is 6. The molecule has 2 aromatic rings. The minimum absolute atomic E-state index is 0.465. The molecule has 3 heterocycles. The Hall–Kier alpha value is -1.44. The highest BCUT2D eigenvalue weighted by Gasteiger charge is 2.20. The number of rotatable bonds is 4. The van der Waals surface area contributed by atoms with E-state index >= 15 is 0 Å². The predicted molar refractivity (Wildman–Crippen MR) is 80.9 cm³/mol. The minimum atomic E-state index is -0.823. The summed E-state index contributed by atoms with van der Waals surface area (Å²) in [6.45, 7) is 4.49. The number of aromatic carboxylic acids is 1. The Balaban J connectivity index is 1.59. The van der Waals surface area contributed by atoms with Gasteiger partial charge in [-0.25, -0.2) is 9.78 Å². The Morgan fingerprint density at radius 1 is 1.25 bits per heavy atom. The zero-order valence-electron chi connectivity index (χ0n) is 10.9. The van der Waals surface area contributed by atoms with E-state index in [2.05, 4.69) is 14.8 Å². The smallest absolute Gasteiger partial charge is 0.346 e. The van der Waals surface area contributed by atoms with Gasteiger partial charge in [0.05, 0.1) is 0 Å². The summed E-state index contributed by atoms with van der Waals surface area (Å²) >= 11 is 2.96. The summed E-state index contributed by atoms with van der Waals surface area (Å²) in [5.74, 6) is -0.823. The van der Waals surface area contributed by atoms with Crippen LogP contribution in [0, 0.1) is 0 Å². The van der Waals surface area contributed by atoms with Gasteiger partial charge in [0.15, 0.2) is 5.13 Å². The zero-order chi connectivity index (χ0) is 13.9. The number of thiophene rings is 1. The Morgan fingerprint density at radius 2 is 2.05 bits per heavy atom. The van der Waals surface area contributed by atoms with Crippen molar-refractivity contribution in [3.63, 3.8) is 0 Å². The molecule has 0 aromatic carbocycles. The lowest BCUT2D eigenvalue weighted by Crippen LogP contribution is -2.46. The van der Waals surface area contributed by atoms with Gasteiger partial charge in [-0.2, -0.15) is 0 Å². The average molecular weight is 309 g/mol. The van der Waals surface area contributed by atoms with E-state index in [0.717, 1.165) is 43.4 Å². The number of carboxylic acids is 1. The van der Waals surface area contributed by atoms with Gasteiger partial charge in [0, 0.05) is 44.3 Å². The highest BCUT2D eigenvalue weighted by Crippen LogP contribution is 2.22. The number of carboxylic acid groups (broad SMARTS) is 1. The monoisotopic (exact) mass is 309 g/mol. The van der Waals surface area contributed by atoms with Gasteiger partial charge in [-0.15, -0.1) is 22.7 Å². The summed E-state index contributed by atoms with van der Waals surface area (Å²) in [5.41, 5.74) is 0.921. The third-order valence-corrected chi connectivity index (χ3v) is 5.17. The third kappa shape index (κ3) is 2.84.